The van der Waals surface area contributed by atoms with Crippen LogP contribution in [0, 0.1) is 0 Å². The van der Waals surface area contributed by atoms with E-state index in [0.717, 1.165) is 45.3 Å². The van der Waals surface area contributed by atoms with Gasteiger partial charge in [-0.1, -0.05) is 19.9 Å². The summed E-state index contributed by atoms with van der Waals surface area (Å²) in [5, 5.41) is 3.59. The predicted octanol–water partition coefficient (Wildman–Crippen LogP) is 2.89. The van der Waals surface area contributed by atoms with Gasteiger partial charge in [-0.3, -0.25) is 0 Å². The molecule has 1 rings (SSSR count). The van der Waals surface area contributed by atoms with E-state index in [2.05, 4.69) is 25.7 Å². The van der Waals surface area contributed by atoms with Crippen molar-refractivity contribution in [3.05, 3.63) is 12.7 Å². The van der Waals surface area contributed by atoms with Crippen molar-refractivity contribution < 1.29 is 4.74 Å². The minimum Gasteiger partial charge on any atom is -0.375 e. The molecule has 0 radical (unpaired) electrons. The molecule has 1 saturated heterocycles. The van der Waals surface area contributed by atoms with Crippen LogP contribution in [-0.2, 0) is 4.74 Å². The van der Waals surface area contributed by atoms with Gasteiger partial charge in [-0.2, -0.15) is 0 Å². The predicted molar refractivity (Wildman–Crippen MR) is 65.1 cm³/mol. The van der Waals surface area contributed by atoms with E-state index in [4.69, 9.17) is 4.74 Å². The second-order valence-corrected chi connectivity index (χ2v) is 4.46. The van der Waals surface area contributed by atoms with Gasteiger partial charge in [0.2, 0.25) is 0 Å². The maximum atomic E-state index is 5.94. The van der Waals surface area contributed by atoms with Crippen LogP contribution in [0.3, 0.4) is 0 Å². The largest absolute Gasteiger partial charge is 0.375 e. The van der Waals surface area contributed by atoms with Gasteiger partial charge in [-0.15, -0.1) is 6.58 Å². The van der Waals surface area contributed by atoms with Crippen LogP contribution in [0.5, 0.6) is 0 Å². The Morgan fingerprint density at radius 3 is 2.80 bits per heavy atom. The van der Waals surface area contributed by atoms with E-state index in [1.807, 2.05) is 6.08 Å². The molecule has 0 aromatic rings. The van der Waals surface area contributed by atoms with Crippen LogP contribution in [-0.4, -0.2) is 24.8 Å². The van der Waals surface area contributed by atoms with Crippen LogP contribution in [0.1, 0.15) is 46.0 Å². The number of rotatable bonds is 6. The lowest BCUT2D eigenvalue weighted by Gasteiger charge is -2.40. The van der Waals surface area contributed by atoms with Crippen molar-refractivity contribution >= 4 is 0 Å². The molecule has 2 heteroatoms. The molecule has 1 atom stereocenters. The molecule has 15 heavy (non-hydrogen) atoms. The lowest BCUT2D eigenvalue weighted by atomic mass is 9.86. The highest BCUT2D eigenvalue weighted by Crippen LogP contribution is 2.31. The van der Waals surface area contributed by atoms with Crippen molar-refractivity contribution in [3.8, 4) is 0 Å². The van der Waals surface area contributed by atoms with Crippen LogP contribution in [0.2, 0.25) is 0 Å². The highest BCUT2D eigenvalue weighted by molar-refractivity contribution is 4.88. The van der Waals surface area contributed by atoms with Crippen LogP contribution in [0.25, 0.3) is 0 Å². The minimum atomic E-state index is 0.143. The molecule has 0 bridgehead atoms. The Kier molecular flexibility index (Phi) is 5.34. The van der Waals surface area contributed by atoms with Gasteiger partial charge >= 0.3 is 0 Å². The maximum Gasteiger partial charge on any atom is 0.0692 e. The first-order valence-corrected chi connectivity index (χ1v) is 6.24. The number of ether oxygens (including phenoxy) is 1. The third-order valence-corrected chi connectivity index (χ3v) is 3.56. The van der Waals surface area contributed by atoms with Gasteiger partial charge in [0.25, 0.3) is 0 Å². The Morgan fingerprint density at radius 2 is 2.20 bits per heavy atom. The Hall–Kier alpha value is -0.340. The van der Waals surface area contributed by atoms with E-state index in [9.17, 15) is 0 Å². The molecule has 1 N–H and O–H groups in total. The summed E-state index contributed by atoms with van der Waals surface area (Å²) >= 11 is 0. The molecular formula is C13H25NO. The molecule has 0 aliphatic carbocycles. The lowest BCUT2D eigenvalue weighted by molar-refractivity contribution is -0.0929. The summed E-state index contributed by atoms with van der Waals surface area (Å²) in [5.74, 6) is 0. The summed E-state index contributed by atoms with van der Waals surface area (Å²) < 4.78 is 5.94. The van der Waals surface area contributed by atoms with Crippen molar-refractivity contribution in [3.63, 3.8) is 0 Å². The van der Waals surface area contributed by atoms with Crippen molar-refractivity contribution in [1.82, 2.24) is 5.32 Å². The van der Waals surface area contributed by atoms with Crippen LogP contribution < -0.4 is 5.32 Å². The maximum absolute atomic E-state index is 5.94. The summed E-state index contributed by atoms with van der Waals surface area (Å²) in [6.45, 7) is 10.2. The summed E-state index contributed by atoms with van der Waals surface area (Å²) in [5.41, 5.74) is 0.143. The van der Waals surface area contributed by atoms with Crippen molar-refractivity contribution in [2.75, 3.05) is 13.2 Å². The van der Waals surface area contributed by atoms with Crippen molar-refractivity contribution in [1.29, 1.82) is 0 Å². The Bertz CT molecular complexity index is 187. The molecule has 1 unspecified atom stereocenters. The zero-order valence-electron chi connectivity index (χ0n) is 10.2. The molecule has 1 aliphatic rings. The second kappa shape index (κ2) is 6.29. The van der Waals surface area contributed by atoms with Crippen LogP contribution in [0.15, 0.2) is 12.7 Å². The van der Waals surface area contributed by atoms with Crippen molar-refractivity contribution in [2.24, 2.45) is 0 Å². The topological polar surface area (TPSA) is 21.3 Å². The molecule has 1 heterocycles. The molecule has 0 aromatic heterocycles. The first-order valence-electron chi connectivity index (χ1n) is 6.24. The Labute approximate surface area is 94.1 Å². The molecule has 0 spiro atoms. The molecule has 1 aliphatic heterocycles. The third-order valence-electron chi connectivity index (χ3n) is 3.56. The first kappa shape index (κ1) is 12.7. The fourth-order valence-corrected chi connectivity index (χ4v) is 2.33. The Balaban J connectivity index is 2.37. The third kappa shape index (κ3) is 3.62. The molecule has 0 saturated carbocycles. The SMILES string of the molecule is C=CCCNC1CCOC(CC)(CC)C1. The number of hydrogen-bond acceptors (Lipinski definition) is 2. The van der Waals surface area contributed by atoms with Gasteiger partial charge < -0.3 is 10.1 Å². The summed E-state index contributed by atoms with van der Waals surface area (Å²) in [4.78, 5) is 0. The average Bonchev–Trinajstić information content (AvgIpc) is 2.30. The average molecular weight is 211 g/mol. The monoisotopic (exact) mass is 211 g/mol. The van der Waals surface area contributed by atoms with E-state index < -0.39 is 0 Å². The minimum absolute atomic E-state index is 0.143. The first-order chi connectivity index (χ1) is 7.26. The second-order valence-electron chi connectivity index (χ2n) is 4.46. The van der Waals surface area contributed by atoms with Gasteiger partial charge in [-0.05, 0) is 38.6 Å². The smallest absolute Gasteiger partial charge is 0.0692 e. The highest BCUT2D eigenvalue weighted by Gasteiger charge is 2.33. The quantitative estimate of drug-likeness (QED) is 0.539. The van der Waals surface area contributed by atoms with E-state index in [1.165, 1.54) is 0 Å². The normalized spacial score (nSPS) is 25.1. The van der Waals surface area contributed by atoms with Crippen molar-refractivity contribution in [2.45, 2.75) is 57.6 Å². The van der Waals surface area contributed by atoms with Gasteiger partial charge in [-0.25, -0.2) is 0 Å². The van der Waals surface area contributed by atoms with Crippen LogP contribution in [0.4, 0.5) is 0 Å². The van der Waals surface area contributed by atoms with E-state index in [0.29, 0.717) is 6.04 Å². The van der Waals surface area contributed by atoms with Crippen LogP contribution >= 0.6 is 0 Å². The summed E-state index contributed by atoms with van der Waals surface area (Å²) in [6.07, 6.45) is 7.60. The fraction of sp³-hybridized carbons (Fsp3) is 0.846. The number of hydrogen-bond donors (Lipinski definition) is 1. The molecule has 0 aromatic carbocycles. The highest BCUT2D eigenvalue weighted by atomic mass is 16.5. The zero-order chi connectivity index (χ0) is 11.1. The standard InChI is InChI=1S/C13H25NO/c1-4-7-9-14-12-8-10-15-13(5-2,6-3)11-12/h4,12,14H,1,5-11H2,2-3H3. The molecular weight excluding hydrogens is 186 g/mol. The Morgan fingerprint density at radius 1 is 1.47 bits per heavy atom. The van der Waals surface area contributed by atoms with E-state index >= 15 is 0 Å². The fourth-order valence-electron chi connectivity index (χ4n) is 2.33. The summed E-state index contributed by atoms with van der Waals surface area (Å²) in [7, 11) is 0. The zero-order valence-corrected chi connectivity index (χ0v) is 10.2. The molecule has 1 fully saturated rings. The van der Waals surface area contributed by atoms with Gasteiger partial charge in [0.05, 0.1) is 5.60 Å². The molecule has 0 amide bonds. The van der Waals surface area contributed by atoms with Gasteiger partial charge in [0, 0.05) is 12.6 Å². The number of nitrogens with one attached hydrogen (secondary N) is 1. The van der Waals surface area contributed by atoms with E-state index in [-0.39, 0.29) is 5.60 Å². The van der Waals surface area contributed by atoms with E-state index in [1.54, 1.807) is 0 Å². The molecule has 2 nitrogen and oxygen atoms in total. The summed E-state index contributed by atoms with van der Waals surface area (Å²) in [6, 6.07) is 0.638. The molecule has 88 valence electrons. The van der Waals surface area contributed by atoms with Gasteiger partial charge in [0.1, 0.15) is 0 Å². The van der Waals surface area contributed by atoms with Gasteiger partial charge in [0.15, 0.2) is 0 Å². The lowest BCUT2D eigenvalue weighted by Crippen LogP contribution is -2.46.